The van der Waals surface area contributed by atoms with Crippen molar-refractivity contribution in [2.24, 2.45) is 11.8 Å². The molecule has 0 aromatic heterocycles. The number of carbonyl (C=O) groups is 3. The highest BCUT2D eigenvalue weighted by atomic mass is 16.7. The molecule has 8 heteroatoms. The Morgan fingerprint density at radius 1 is 1.03 bits per heavy atom. The molecule has 0 unspecified atom stereocenters. The van der Waals surface area contributed by atoms with E-state index >= 15 is 0 Å². The third-order valence-corrected chi connectivity index (χ3v) is 6.86. The first-order valence-electron chi connectivity index (χ1n) is 11.5. The molecule has 0 radical (unpaired) electrons. The first kappa shape index (κ1) is 20.1. The Morgan fingerprint density at radius 3 is 2.73 bits per heavy atom. The summed E-state index contributed by atoms with van der Waals surface area (Å²) < 4.78 is 10.7. The molecule has 0 spiro atoms. The zero-order chi connectivity index (χ0) is 22.5. The van der Waals surface area contributed by atoms with E-state index in [1.807, 2.05) is 41.3 Å². The number of nitrogens with zero attached hydrogens (tertiary/aromatic N) is 2. The maximum absolute atomic E-state index is 12.8. The highest BCUT2D eigenvalue weighted by Gasteiger charge is 2.38. The zero-order valence-electron chi connectivity index (χ0n) is 18.2. The van der Waals surface area contributed by atoms with Crippen LogP contribution in [0.4, 0.5) is 11.4 Å². The van der Waals surface area contributed by atoms with Gasteiger partial charge in [-0.05, 0) is 60.7 Å². The van der Waals surface area contributed by atoms with Crippen molar-refractivity contribution >= 4 is 29.1 Å². The van der Waals surface area contributed by atoms with Crippen molar-refractivity contribution in [1.29, 1.82) is 0 Å². The Kier molecular flexibility index (Phi) is 4.74. The molecule has 2 fully saturated rings. The first-order valence-corrected chi connectivity index (χ1v) is 11.5. The van der Waals surface area contributed by atoms with Crippen molar-refractivity contribution in [2.75, 3.05) is 29.7 Å². The standard InChI is InChI=1S/C25H25N3O5/c29-23-11-18(24(30)26-12-15-1-6-21-22(9-15)33-14-32-21)13-28(23)19-4-5-20-17(10-19)7-8-27(20)25(31)16-2-3-16/h1,4-6,9-10,16,18H,2-3,7-8,11-14H2,(H,26,30)/t18-/m0/s1. The zero-order valence-corrected chi connectivity index (χ0v) is 18.2. The van der Waals surface area contributed by atoms with Gasteiger partial charge >= 0.3 is 0 Å². The lowest BCUT2D eigenvalue weighted by atomic mass is 10.1. The summed E-state index contributed by atoms with van der Waals surface area (Å²) in [6, 6.07) is 11.4. The van der Waals surface area contributed by atoms with E-state index in [2.05, 4.69) is 5.32 Å². The highest BCUT2D eigenvalue weighted by Crippen LogP contribution is 2.38. The number of anilines is 2. The van der Waals surface area contributed by atoms with Crippen LogP contribution in [0.5, 0.6) is 11.5 Å². The van der Waals surface area contributed by atoms with Gasteiger partial charge in [0.1, 0.15) is 0 Å². The Balaban J connectivity index is 1.10. The van der Waals surface area contributed by atoms with Crippen molar-refractivity contribution in [3.63, 3.8) is 0 Å². The Hall–Kier alpha value is -3.55. The number of hydrogen-bond donors (Lipinski definition) is 1. The maximum atomic E-state index is 12.8. The molecule has 4 aliphatic rings. The maximum Gasteiger partial charge on any atom is 0.231 e. The van der Waals surface area contributed by atoms with Crippen LogP contribution in [-0.2, 0) is 27.3 Å². The van der Waals surface area contributed by atoms with Crippen LogP contribution in [0, 0.1) is 11.8 Å². The lowest BCUT2D eigenvalue weighted by Gasteiger charge is -2.20. The van der Waals surface area contributed by atoms with E-state index in [0.29, 0.717) is 31.1 Å². The summed E-state index contributed by atoms with van der Waals surface area (Å²) in [5.41, 5.74) is 3.76. The fourth-order valence-electron chi connectivity index (χ4n) is 4.85. The van der Waals surface area contributed by atoms with Gasteiger partial charge < -0.3 is 24.6 Å². The van der Waals surface area contributed by atoms with E-state index in [1.165, 1.54) is 0 Å². The van der Waals surface area contributed by atoms with Crippen molar-refractivity contribution in [3.05, 3.63) is 47.5 Å². The lowest BCUT2D eigenvalue weighted by Crippen LogP contribution is -2.32. The smallest absolute Gasteiger partial charge is 0.231 e. The molecular weight excluding hydrogens is 422 g/mol. The van der Waals surface area contributed by atoms with Gasteiger partial charge in [-0.1, -0.05) is 6.07 Å². The van der Waals surface area contributed by atoms with E-state index in [0.717, 1.165) is 41.8 Å². The SMILES string of the molecule is O=C(NCc1ccc2c(c1)OCO2)[C@H]1CC(=O)N(c2ccc3c(c2)CCN3C(=O)C2CC2)C1. The summed E-state index contributed by atoms with van der Waals surface area (Å²) in [4.78, 5) is 41.6. The average molecular weight is 447 g/mol. The molecule has 1 atom stereocenters. The van der Waals surface area contributed by atoms with Gasteiger partial charge in [0.2, 0.25) is 24.5 Å². The summed E-state index contributed by atoms with van der Waals surface area (Å²) >= 11 is 0. The van der Waals surface area contributed by atoms with Crippen molar-refractivity contribution in [1.82, 2.24) is 5.32 Å². The van der Waals surface area contributed by atoms with Crippen LogP contribution in [0.3, 0.4) is 0 Å². The number of nitrogens with one attached hydrogen (secondary N) is 1. The second-order valence-corrected chi connectivity index (χ2v) is 9.14. The predicted octanol–water partition coefficient (Wildman–Crippen LogP) is 2.38. The summed E-state index contributed by atoms with van der Waals surface area (Å²) in [7, 11) is 0. The van der Waals surface area contributed by atoms with E-state index < -0.39 is 5.92 Å². The quantitative estimate of drug-likeness (QED) is 0.761. The minimum Gasteiger partial charge on any atom is -0.454 e. The molecule has 8 nitrogen and oxygen atoms in total. The number of rotatable bonds is 5. The molecule has 0 bridgehead atoms. The predicted molar refractivity (Wildman–Crippen MR) is 120 cm³/mol. The molecule has 2 aromatic rings. The van der Waals surface area contributed by atoms with Gasteiger partial charge in [0.05, 0.1) is 5.92 Å². The van der Waals surface area contributed by atoms with E-state index in [4.69, 9.17) is 9.47 Å². The summed E-state index contributed by atoms with van der Waals surface area (Å²) in [5, 5.41) is 2.94. The fourth-order valence-corrected chi connectivity index (χ4v) is 4.85. The monoisotopic (exact) mass is 447 g/mol. The van der Waals surface area contributed by atoms with Crippen LogP contribution in [-0.4, -0.2) is 37.6 Å². The minimum absolute atomic E-state index is 0.0536. The third kappa shape index (κ3) is 3.69. The van der Waals surface area contributed by atoms with Crippen LogP contribution in [0.2, 0.25) is 0 Å². The molecule has 6 rings (SSSR count). The molecule has 3 heterocycles. The van der Waals surface area contributed by atoms with Crippen molar-refractivity contribution in [2.45, 2.75) is 32.2 Å². The number of amides is 3. The second kappa shape index (κ2) is 7.79. The van der Waals surface area contributed by atoms with E-state index in [-0.39, 0.29) is 36.9 Å². The van der Waals surface area contributed by atoms with Crippen LogP contribution < -0.4 is 24.6 Å². The Morgan fingerprint density at radius 2 is 1.88 bits per heavy atom. The number of benzene rings is 2. The van der Waals surface area contributed by atoms with Crippen LogP contribution in [0.1, 0.15) is 30.4 Å². The summed E-state index contributed by atoms with van der Waals surface area (Å²) in [6.45, 7) is 1.63. The third-order valence-electron chi connectivity index (χ3n) is 6.86. The molecule has 33 heavy (non-hydrogen) atoms. The van der Waals surface area contributed by atoms with Gasteiger partial charge in [-0.15, -0.1) is 0 Å². The normalized spacial score (nSPS) is 20.8. The van der Waals surface area contributed by atoms with Gasteiger partial charge in [-0.3, -0.25) is 14.4 Å². The Bertz CT molecular complexity index is 1160. The molecule has 3 aliphatic heterocycles. The summed E-state index contributed by atoms with van der Waals surface area (Å²) in [6.07, 6.45) is 2.96. The minimum atomic E-state index is -0.396. The number of hydrogen-bond acceptors (Lipinski definition) is 5. The highest BCUT2D eigenvalue weighted by molar-refractivity contribution is 6.02. The molecular formula is C25H25N3O5. The average Bonchev–Trinajstić information content (AvgIpc) is 3.24. The molecule has 1 N–H and O–H groups in total. The second-order valence-electron chi connectivity index (χ2n) is 9.14. The number of carbonyl (C=O) groups excluding carboxylic acids is 3. The molecule has 1 aliphatic carbocycles. The Labute approximate surface area is 191 Å². The van der Waals surface area contributed by atoms with Crippen LogP contribution in [0.15, 0.2) is 36.4 Å². The number of ether oxygens (including phenoxy) is 2. The molecule has 170 valence electrons. The molecule has 1 saturated heterocycles. The van der Waals surface area contributed by atoms with Crippen LogP contribution >= 0.6 is 0 Å². The molecule has 3 amide bonds. The summed E-state index contributed by atoms with van der Waals surface area (Å²) in [5.74, 6) is 1.21. The fraction of sp³-hybridized carbons (Fsp3) is 0.400. The van der Waals surface area contributed by atoms with E-state index in [9.17, 15) is 14.4 Å². The van der Waals surface area contributed by atoms with Crippen molar-refractivity contribution in [3.8, 4) is 11.5 Å². The molecule has 2 aromatic carbocycles. The topological polar surface area (TPSA) is 88.2 Å². The van der Waals surface area contributed by atoms with Gasteiger partial charge in [-0.2, -0.15) is 0 Å². The van der Waals surface area contributed by atoms with E-state index in [1.54, 1.807) is 4.90 Å². The van der Waals surface area contributed by atoms with Crippen LogP contribution in [0.25, 0.3) is 0 Å². The van der Waals surface area contributed by atoms with Gasteiger partial charge in [0.25, 0.3) is 0 Å². The first-order chi connectivity index (χ1) is 16.1. The van der Waals surface area contributed by atoms with Gasteiger partial charge in [0.15, 0.2) is 11.5 Å². The lowest BCUT2D eigenvalue weighted by molar-refractivity contribution is -0.126. The number of fused-ring (bicyclic) bond motifs is 2. The largest absolute Gasteiger partial charge is 0.454 e. The molecule has 1 saturated carbocycles. The van der Waals surface area contributed by atoms with Gasteiger partial charge in [0, 0.05) is 43.3 Å². The van der Waals surface area contributed by atoms with Gasteiger partial charge in [-0.25, -0.2) is 0 Å². The van der Waals surface area contributed by atoms with Crippen molar-refractivity contribution < 1.29 is 23.9 Å².